The number of rotatable bonds is 13. The molecule has 0 aromatic rings. The Morgan fingerprint density at radius 2 is 1.55 bits per heavy atom. The van der Waals surface area contributed by atoms with Gasteiger partial charge in [0.25, 0.3) is 0 Å². The molecule has 1 aliphatic carbocycles. The van der Waals surface area contributed by atoms with Gasteiger partial charge in [0.2, 0.25) is 0 Å². The molecule has 0 amide bonds. The smallest absolute Gasteiger partial charge is 0.133 e. The summed E-state index contributed by atoms with van der Waals surface area (Å²) in [7, 11) is 0. The molecule has 0 radical (unpaired) electrons. The molecule has 1 aliphatic rings. The molecule has 0 aliphatic heterocycles. The lowest BCUT2D eigenvalue weighted by molar-refractivity contribution is -0.122. The van der Waals surface area contributed by atoms with Gasteiger partial charge in [-0.05, 0) is 32.1 Å². The van der Waals surface area contributed by atoms with Crippen molar-refractivity contribution in [3.63, 3.8) is 0 Å². The molecule has 20 heavy (non-hydrogen) atoms. The summed E-state index contributed by atoms with van der Waals surface area (Å²) >= 11 is 0. The lowest BCUT2D eigenvalue weighted by Gasteiger charge is -2.34. The highest BCUT2D eigenvalue weighted by molar-refractivity contribution is 5.78. The molecule has 0 atom stereocenters. The van der Waals surface area contributed by atoms with Gasteiger partial charge in [0, 0.05) is 19.4 Å². The maximum atomic E-state index is 11.8. The molecule has 0 spiro atoms. The summed E-state index contributed by atoms with van der Waals surface area (Å²) in [5.74, 6) is 1.10. The second-order valence-corrected chi connectivity index (χ2v) is 6.38. The average molecular weight is 282 g/mol. The lowest BCUT2D eigenvalue weighted by Crippen LogP contribution is -2.32. The number of ether oxygens (including phenoxy) is 1. The molecule has 0 N–H and O–H groups in total. The molecule has 0 bridgehead atoms. The second-order valence-electron chi connectivity index (χ2n) is 6.38. The monoisotopic (exact) mass is 282 g/mol. The Morgan fingerprint density at radius 3 is 2.15 bits per heavy atom. The summed E-state index contributed by atoms with van der Waals surface area (Å²) in [5.41, 5.74) is 0. The van der Waals surface area contributed by atoms with Crippen LogP contribution in [0.3, 0.4) is 0 Å². The topological polar surface area (TPSA) is 26.3 Å². The summed E-state index contributed by atoms with van der Waals surface area (Å²) in [5, 5.41) is 0. The van der Waals surface area contributed by atoms with Crippen molar-refractivity contribution in [3.8, 4) is 0 Å². The van der Waals surface area contributed by atoms with E-state index < -0.39 is 0 Å². The van der Waals surface area contributed by atoms with Crippen molar-refractivity contribution < 1.29 is 9.53 Å². The SMILES string of the molecule is CCCCCCCCCCC(=O)CC1CC(OCC)C1. The van der Waals surface area contributed by atoms with Crippen LogP contribution in [0.2, 0.25) is 0 Å². The Bertz CT molecular complexity index is 244. The zero-order valence-electron chi connectivity index (χ0n) is 13.7. The first kappa shape index (κ1) is 17.7. The molecule has 1 saturated carbocycles. The van der Waals surface area contributed by atoms with Gasteiger partial charge in [-0.3, -0.25) is 4.79 Å². The van der Waals surface area contributed by atoms with Crippen molar-refractivity contribution in [2.45, 2.75) is 97.0 Å². The predicted octanol–water partition coefficient (Wildman–Crippen LogP) is 5.29. The fourth-order valence-electron chi connectivity index (χ4n) is 3.09. The van der Waals surface area contributed by atoms with Gasteiger partial charge in [-0.15, -0.1) is 0 Å². The van der Waals surface area contributed by atoms with E-state index in [1.54, 1.807) is 0 Å². The minimum absolute atomic E-state index is 0.445. The third-order valence-electron chi connectivity index (χ3n) is 4.42. The van der Waals surface area contributed by atoms with E-state index in [1.165, 1.54) is 44.9 Å². The zero-order chi connectivity index (χ0) is 14.6. The molecular formula is C18H34O2. The van der Waals surface area contributed by atoms with Crippen LogP contribution in [0.5, 0.6) is 0 Å². The third kappa shape index (κ3) is 8.04. The molecule has 2 nitrogen and oxygen atoms in total. The van der Waals surface area contributed by atoms with E-state index in [4.69, 9.17) is 4.74 Å². The third-order valence-corrected chi connectivity index (χ3v) is 4.42. The van der Waals surface area contributed by atoms with E-state index in [2.05, 4.69) is 6.92 Å². The Kier molecular flexibility index (Phi) is 10.00. The highest BCUT2D eigenvalue weighted by Gasteiger charge is 2.30. The van der Waals surface area contributed by atoms with Crippen molar-refractivity contribution >= 4 is 5.78 Å². The van der Waals surface area contributed by atoms with Crippen LogP contribution < -0.4 is 0 Å². The van der Waals surface area contributed by atoms with Gasteiger partial charge < -0.3 is 4.74 Å². The summed E-state index contributed by atoms with van der Waals surface area (Å²) in [6.07, 6.45) is 14.8. The molecule has 118 valence electrons. The minimum atomic E-state index is 0.445. The van der Waals surface area contributed by atoms with E-state index >= 15 is 0 Å². The fourth-order valence-corrected chi connectivity index (χ4v) is 3.09. The van der Waals surface area contributed by atoms with Gasteiger partial charge in [0.1, 0.15) is 5.78 Å². The average Bonchev–Trinajstić information content (AvgIpc) is 2.39. The molecule has 0 heterocycles. The Morgan fingerprint density at radius 1 is 0.950 bits per heavy atom. The largest absolute Gasteiger partial charge is 0.378 e. The highest BCUT2D eigenvalue weighted by Crippen LogP contribution is 2.33. The summed E-state index contributed by atoms with van der Waals surface area (Å²) < 4.78 is 5.53. The van der Waals surface area contributed by atoms with Gasteiger partial charge in [-0.2, -0.15) is 0 Å². The van der Waals surface area contributed by atoms with E-state index in [-0.39, 0.29) is 0 Å². The number of carbonyl (C=O) groups is 1. The van der Waals surface area contributed by atoms with Gasteiger partial charge >= 0.3 is 0 Å². The van der Waals surface area contributed by atoms with Crippen LogP contribution in [0, 0.1) is 5.92 Å². The summed E-state index contributed by atoms with van der Waals surface area (Å²) in [4.78, 5) is 11.8. The van der Waals surface area contributed by atoms with Crippen molar-refractivity contribution in [1.82, 2.24) is 0 Å². The van der Waals surface area contributed by atoms with Crippen LogP contribution >= 0.6 is 0 Å². The lowest BCUT2D eigenvalue weighted by atomic mass is 9.78. The van der Waals surface area contributed by atoms with Crippen LogP contribution in [-0.2, 0) is 9.53 Å². The van der Waals surface area contributed by atoms with Crippen molar-refractivity contribution in [3.05, 3.63) is 0 Å². The van der Waals surface area contributed by atoms with Crippen molar-refractivity contribution in [2.75, 3.05) is 6.61 Å². The van der Waals surface area contributed by atoms with Crippen LogP contribution in [0.15, 0.2) is 0 Å². The van der Waals surface area contributed by atoms with E-state index in [1.807, 2.05) is 6.92 Å². The minimum Gasteiger partial charge on any atom is -0.378 e. The standard InChI is InChI=1S/C18H34O2/c1-3-5-6-7-8-9-10-11-12-17(19)13-16-14-18(15-16)20-4-2/h16,18H,3-15H2,1-2H3. The number of ketones is 1. The summed E-state index contributed by atoms with van der Waals surface area (Å²) in [6.45, 7) is 5.11. The summed E-state index contributed by atoms with van der Waals surface area (Å²) in [6, 6.07) is 0. The molecule has 1 rings (SSSR count). The van der Waals surface area contributed by atoms with Crippen LogP contribution in [0.25, 0.3) is 0 Å². The first-order valence-corrected chi connectivity index (χ1v) is 8.89. The number of hydrogen-bond donors (Lipinski definition) is 0. The van der Waals surface area contributed by atoms with Gasteiger partial charge in [0.15, 0.2) is 0 Å². The molecule has 2 heteroatoms. The first-order valence-electron chi connectivity index (χ1n) is 8.89. The Balaban J connectivity index is 1.84. The zero-order valence-corrected chi connectivity index (χ0v) is 13.7. The second kappa shape index (κ2) is 11.3. The predicted molar refractivity (Wildman–Crippen MR) is 85.0 cm³/mol. The molecular weight excluding hydrogens is 248 g/mol. The highest BCUT2D eigenvalue weighted by atomic mass is 16.5. The van der Waals surface area contributed by atoms with E-state index in [0.717, 1.165) is 38.7 Å². The maximum Gasteiger partial charge on any atom is 0.133 e. The van der Waals surface area contributed by atoms with E-state index in [9.17, 15) is 4.79 Å². The molecule has 0 aromatic heterocycles. The molecule has 0 aromatic carbocycles. The van der Waals surface area contributed by atoms with Gasteiger partial charge in [-0.1, -0.05) is 51.9 Å². The Labute approximate surface area is 125 Å². The quantitative estimate of drug-likeness (QED) is 0.429. The number of hydrogen-bond acceptors (Lipinski definition) is 2. The first-order chi connectivity index (χ1) is 9.76. The van der Waals surface area contributed by atoms with E-state index in [0.29, 0.717) is 17.8 Å². The Hall–Kier alpha value is -0.370. The van der Waals surface area contributed by atoms with Crippen molar-refractivity contribution in [1.29, 1.82) is 0 Å². The van der Waals surface area contributed by atoms with Gasteiger partial charge in [-0.25, -0.2) is 0 Å². The normalized spacial score (nSPS) is 21.7. The van der Waals surface area contributed by atoms with Gasteiger partial charge in [0.05, 0.1) is 6.10 Å². The number of carbonyl (C=O) groups excluding carboxylic acids is 1. The molecule has 0 saturated heterocycles. The van der Waals surface area contributed by atoms with Crippen LogP contribution in [0.4, 0.5) is 0 Å². The van der Waals surface area contributed by atoms with Crippen molar-refractivity contribution in [2.24, 2.45) is 5.92 Å². The number of Topliss-reactive ketones (excluding diaryl/α,β-unsaturated/α-hetero) is 1. The molecule has 0 unspecified atom stereocenters. The maximum absolute atomic E-state index is 11.8. The molecule has 1 fully saturated rings. The van der Waals surface area contributed by atoms with Crippen LogP contribution in [-0.4, -0.2) is 18.5 Å². The van der Waals surface area contributed by atoms with Crippen LogP contribution in [0.1, 0.15) is 90.9 Å². The fraction of sp³-hybridized carbons (Fsp3) is 0.944. The number of unbranched alkanes of at least 4 members (excludes halogenated alkanes) is 7.